The second-order valence-corrected chi connectivity index (χ2v) is 4.64. The fourth-order valence-corrected chi connectivity index (χ4v) is 3.04. The Morgan fingerprint density at radius 3 is 1.55 bits per heavy atom. The highest BCUT2D eigenvalue weighted by Crippen LogP contribution is 2.57. The molecule has 0 aliphatic heterocycles. The summed E-state index contributed by atoms with van der Waals surface area (Å²) in [6, 6.07) is 0. The quantitative estimate of drug-likeness (QED) is 0.544. The minimum absolute atomic E-state index is 0.154. The van der Waals surface area contributed by atoms with E-state index in [-0.39, 0.29) is 17.6 Å². The Morgan fingerprint density at radius 2 is 1.36 bits per heavy atom. The molecule has 0 aromatic heterocycles. The number of aliphatic hydroxyl groups is 2. The van der Waals surface area contributed by atoms with Crippen LogP contribution in [0.1, 0.15) is 26.7 Å². The van der Waals surface area contributed by atoms with Gasteiger partial charge in [0.15, 0.2) is 0 Å². The molecule has 0 heterocycles. The molecule has 2 nitrogen and oxygen atoms in total. The average Bonchev–Trinajstić information content (AvgIpc) is 2.21. The lowest BCUT2D eigenvalue weighted by Gasteiger charge is -2.24. The second kappa shape index (κ2) is 1.99. The van der Waals surface area contributed by atoms with Crippen LogP contribution >= 0.6 is 0 Å². The van der Waals surface area contributed by atoms with Gasteiger partial charge in [0.05, 0.1) is 12.2 Å². The molecular weight excluding hydrogens is 140 g/mol. The van der Waals surface area contributed by atoms with Gasteiger partial charge < -0.3 is 10.2 Å². The summed E-state index contributed by atoms with van der Waals surface area (Å²) in [6.45, 7) is 4.32. The summed E-state index contributed by atoms with van der Waals surface area (Å²) >= 11 is 0. The van der Waals surface area contributed by atoms with Gasteiger partial charge in [-0.25, -0.2) is 0 Å². The first-order valence-electron chi connectivity index (χ1n) is 4.39. The highest BCUT2D eigenvalue weighted by atomic mass is 16.3. The highest BCUT2D eigenvalue weighted by molar-refractivity contribution is 5.06. The monoisotopic (exact) mass is 156 g/mol. The van der Waals surface area contributed by atoms with Crippen molar-refractivity contribution < 1.29 is 10.2 Å². The van der Waals surface area contributed by atoms with Crippen LogP contribution in [0.25, 0.3) is 0 Å². The van der Waals surface area contributed by atoms with Crippen molar-refractivity contribution in [2.24, 2.45) is 17.3 Å². The molecule has 0 aromatic carbocycles. The first kappa shape index (κ1) is 7.56. The summed E-state index contributed by atoms with van der Waals surface area (Å²) in [7, 11) is 0. The van der Waals surface area contributed by atoms with Crippen LogP contribution in [0.15, 0.2) is 0 Å². The van der Waals surface area contributed by atoms with Gasteiger partial charge in [-0.05, 0) is 30.1 Å². The molecule has 64 valence electrons. The lowest BCUT2D eigenvalue weighted by molar-refractivity contribution is 0.0447. The van der Waals surface area contributed by atoms with Crippen molar-refractivity contribution in [3.8, 4) is 0 Å². The van der Waals surface area contributed by atoms with E-state index in [1.54, 1.807) is 0 Å². The predicted molar refractivity (Wildman–Crippen MR) is 42.0 cm³/mol. The van der Waals surface area contributed by atoms with E-state index >= 15 is 0 Å². The Kier molecular flexibility index (Phi) is 1.37. The molecule has 4 atom stereocenters. The van der Waals surface area contributed by atoms with Gasteiger partial charge >= 0.3 is 0 Å². The van der Waals surface area contributed by atoms with Crippen LogP contribution in [0.5, 0.6) is 0 Å². The standard InChI is InChI=1S/C9H16O2/c1-9(2)5-3-7(10)6(9)4-8(5)11/h5-8,10-11H,3-4H2,1-2H3. The van der Waals surface area contributed by atoms with Crippen molar-refractivity contribution in [2.75, 3.05) is 0 Å². The molecule has 0 aromatic rings. The average molecular weight is 156 g/mol. The third kappa shape index (κ3) is 0.798. The number of hydrogen-bond donors (Lipinski definition) is 2. The van der Waals surface area contributed by atoms with E-state index in [9.17, 15) is 10.2 Å². The fourth-order valence-electron chi connectivity index (χ4n) is 3.04. The van der Waals surface area contributed by atoms with Crippen LogP contribution < -0.4 is 0 Å². The van der Waals surface area contributed by atoms with E-state index in [2.05, 4.69) is 13.8 Å². The summed E-state index contributed by atoms with van der Waals surface area (Å²) < 4.78 is 0. The van der Waals surface area contributed by atoms with Crippen molar-refractivity contribution in [1.29, 1.82) is 0 Å². The maximum atomic E-state index is 9.56. The SMILES string of the molecule is CC1(C)C2CC(O)C1CC2O. The molecule has 2 fully saturated rings. The summed E-state index contributed by atoms with van der Waals surface area (Å²) in [6.07, 6.45) is 1.30. The van der Waals surface area contributed by atoms with E-state index in [4.69, 9.17) is 0 Å². The maximum absolute atomic E-state index is 9.56. The van der Waals surface area contributed by atoms with Gasteiger partial charge in [0.1, 0.15) is 0 Å². The smallest absolute Gasteiger partial charge is 0.0578 e. The molecular formula is C9H16O2. The molecule has 0 saturated heterocycles. The van der Waals surface area contributed by atoms with Crippen molar-refractivity contribution in [3.05, 3.63) is 0 Å². The largest absolute Gasteiger partial charge is 0.393 e. The Labute approximate surface area is 67.2 Å². The Bertz CT molecular complexity index is 158. The van der Waals surface area contributed by atoms with E-state index in [1.807, 2.05) is 0 Å². The Balaban J connectivity index is 2.28. The van der Waals surface area contributed by atoms with Crippen LogP contribution in [0.4, 0.5) is 0 Å². The van der Waals surface area contributed by atoms with E-state index in [1.165, 1.54) is 0 Å². The molecule has 0 radical (unpaired) electrons. The molecule has 0 spiro atoms. The van der Waals surface area contributed by atoms with Crippen LogP contribution in [-0.4, -0.2) is 22.4 Å². The molecule has 2 aliphatic carbocycles. The van der Waals surface area contributed by atoms with Gasteiger partial charge in [-0.1, -0.05) is 13.8 Å². The van der Waals surface area contributed by atoms with Gasteiger partial charge in [-0.3, -0.25) is 0 Å². The zero-order valence-electron chi connectivity index (χ0n) is 7.12. The van der Waals surface area contributed by atoms with Gasteiger partial charge in [0.25, 0.3) is 0 Å². The van der Waals surface area contributed by atoms with Gasteiger partial charge in [0.2, 0.25) is 0 Å². The first-order chi connectivity index (χ1) is 5.03. The second-order valence-electron chi connectivity index (χ2n) is 4.64. The third-order valence-corrected chi connectivity index (χ3v) is 3.83. The lowest BCUT2D eigenvalue weighted by atomic mass is 9.82. The maximum Gasteiger partial charge on any atom is 0.0578 e. The normalized spacial score (nSPS) is 53.5. The van der Waals surface area contributed by atoms with E-state index < -0.39 is 0 Å². The molecule has 11 heavy (non-hydrogen) atoms. The summed E-state index contributed by atoms with van der Waals surface area (Å²) in [5.41, 5.74) is 0.166. The highest BCUT2D eigenvalue weighted by Gasteiger charge is 2.57. The number of aliphatic hydroxyl groups excluding tert-OH is 2. The van der Waals surface area contributed by atoms with Crippen LogP contribution in [0.2, 0.25) is 0 Å². The Morgan fingerprint density at radius 1 is 1.00 bits per heavy atom. The zero-order valence-corrected chi connectivity index (χ0v) is 7.12. The number of hydrogen-bond acceptors (Lipinski definition) is 2. The van der Waals surface area contributed by atoms with E-state index in [0.29, 0.717) is 11.8 Å². The van der Waals surface area contributed by atoms with E-state index in [0.717, 1.165) is 12.8 Å². The van der Waals surface area contributed by atoms with Gasteiger partial charge in [-0.2, -0.15) is 0 Å². The summed E-state index contributed by atoms with van der Waals surface area (Å²) in [5, 5.41) is 19.1. The van der Waals surface area contributed by atoms with Crippen LogP contribution in [-0.2, 0) is 0 Å². The molecule has 2 N–H and O–H groups in total. The number of fused-ring (bicyclic) bond motifs is 2. The van der Waals surface area contributed by atoms with Crippen LogP contribution in [0, 0.1) is 17.3 Å². The molecule has 2 saturated carbocycles. The minimum atomic E-state index is -0.154. The van der Waals surface area contributed by atoms with Crippen molar-refractivity contribution >= 4 is 0 Å². The fraction of sp³-hybridized carbons (Fsp3) is 1.00. The lowest BCUT2D eigenvalue weighted by Crippen LogP contribution is -2.24. The first-order valence-corrected chi connectivity index (χ1v) is 4.39. The van der Waals surface area contributed by atoms with Gasteiger partial charge in [0, 0.05) is 0 Å². The molecule has 2 heteroatoms. The molecule has 2 aliphatic rings. The Hall–Kier alpha value is -0.0800. The summed E-state index contributed by atoms with van der Waals surface area (Å²) in [4.78, 5) is 0. The summed E-state index contributed by atoms with van der Waals surface area (Å²) in [5.74, 6) is 0.671. The molecule has 0 amide bonds. The predicted octanol–water partition coefficient (Wildman–Crippen LogP) is 0.774. The third-order valence-electron chi connectivity index (χ3n) is 3.83. The molecule has 2 bridgehead atoms. The van der Waals surface area contributed by atoms with Crippen LogP contribution in [0.3, 0.4) is 0 Å². The zero-order chi connectivity index (χ0) is 8.22. The molecule has 2 rings (SSSR count). The van der Waals surface area contributed by atoms with Gasteiger partial charge in [-0.15, -0.1) is 0 Å². The molecule has 4 unspecified atom stereocenters. The number of rotatable bonds is 0. The minimum Gasteiger partial charge on any atom is -0.393 e. The van der Waals surface area contributed by atoms with Crippen molar-refractivity contribution in [1.82, 2.24) is 0 Å². The van der Waals surface area contributed by atoms with Crippen molar-refractivity contribution in [3.63, 3.8) is 0 Å². The van der Waals surface area contributed by atoms with Crippen molar-refractivity contribution in [2.45, 2.75) is 38.9 Å². The topological polar surface area (TPSA) is 40.5 Å².